The molecular formula is C16H22O3. The van der Waals surface area contributed by atoms with Crippen molar-refractivity contribution in [3.63, 3.8) is 0 Å². The van der Waals surface area contributed by atoms with Crippen LogP contribution in [-0.2, 0) is 4.74 Å². The lowest BCUT2D eigenvalue weighted by atomic mass is 10.00. The van der Waals surface area contributed by atoms with Gasteiger partial charge in [0.2, 0.25) is 0 Å². The second kappa shape index (κ2) is 7.29. The van der Waals surface area contributed by atoms with E-state index in [2.05, 4.69) is 0 Å². The van der Waals surface area contributed by atoms with Crippen LogP contribution in [0.1, 0.15) is 49.4 Å². The summed E-state index contributed by atoms with van der Waals surface area (Å²) >= 11 is 0. The van der Waals surface area contributed by atoms with E-state index in [0.29, 0.717) is 24.3 Å². The number of carbonyl (C=O) groups excluding carboxylic acids is 1. The first-order valence-electron chi connectivity index (χ1n) is 7.18. The predicted molar refractivity (Wildman–Crippen MR) is 74.8 cm³/mol. The molecule has 1 saturated heterocycles. The maximum atomic E-state index is 12.2. The number of hydrogen-bond acceptors (Lipinski definition) is 3. The number of hydrogen-bond donors (Lipinski definition) is 0. The largest absolute Gasteiger partial charge is 0.493 e. The lowest BCUT2D eigenvalue weighted by molar-refractivity contribution is 0.0104. The van der Waals surface area contributed by atoms with Gasteiger partial charge >= 0.3 is 0 Å². The molecule has 1 aliphatic rings. The molecule has 2 rings (SSSR count). The molecule has 0 saturated carbocycles. The van der Waals surface area contributed by atoms with Gasteiger partial charge < -0.3 is 9.47 Å². The molecule has 0 aliphatic carbocycles. The molecule has 1 aliphatic heterocycles. The predicted octanol–water partition coefficient (Wildman–Crippen LogP) is 3.62. The fourth-order valence-electron chi connectivity index (χ4n) is 2.44. The summed E-state index contributed by atoms with van der Waals surface area (Å²) in [6.45, 7) is 3.35. The summed E-state index contributed by atoms with van der Waals surface area (Å²) in [5, 5.41) is 0. The van der Waals surface area contributed by atoms with Crippen LogP contribution >= 0.6 is 0 Å². The summed E-state index contributed by atoms with van der Waals surface area (Å²) in [5.41, 5.74) is 0.695. The van der Waals surface area contributed by atoms with E-state index in [1.54, 1.807) is 0 Å². The van der Waals surface area contributed by atoms with Crippen LogP contribution in [0.15, 0.2) is 24.3 Å². The number of rotatable bonds is 6. The standard InChI is InChI=1S/C16H22O3/c1-2-18-16-9-4-3-8-14(16)15(17)11-10-13-7-5-6-12-19-13/h3-4,8-9,13H,2,5-7,10-12H2,1H3. The van der Waals surface area contributed by atoms with Gasteiger partial charge in [0.15, 0.2) is 5.78 Å². The minimum atomic E-state index is 0.151. The molecular weight excluding hydrogens is 240 g/mol. The third-order valence-electron chi connectivity index (χ3n) is 3.45. The topological polar surface area (TPSA) is 35.5 Å². The molecule has 19 heavy (non-hydrogen) atoms. The molecule has 0 radical (unpaired) electrons. The van der Waals surface area contributed by atoms with Crippen molar-refractivity contribution in [3.8, 4) is 5.75 Å². The van der Waals surface area contributed by atoms with E-state index in [1.807, 2.05) is 31.2 Å². The van der Waals surface area contributed by atoms with Crippen molar-refractivity contribution in [3.05, 3.63) is 29.8 Å². The first-order chi connectivity index (χ1) is 9.31. The molecule has 3 nitrogen and oxygen atoms in total. The Morgan fingerprint density at radius 3 is 2.95 bits per heavy atom. The van der Waals surface area contributed by atoms with Gasteiger partial charge in [-0.15, -0.1) is 0 Å². The first kappa shape index (κ1) is 14.1. The fourth-order valence-corrected chi connectivity index (χ4v) is 2.44. The van der Waals surface area contributed by atoms with Crippen LogP contribution in [0.4, 0.5) is 0 Å². The molecule has 0 bridgehead atoms. The van der Waals surface area contributed by atoms with E-state index in [1.165, 1.54) is 6.42 Å². The zero-order valence-corrected chi connectivity index (χ0v) is 11.6. The van der Waals surface area contributed by atoms with Crippen molar-refractivity contribution in [1.82, 2.24) is 0 Å². The SMILES string of the molecule is CCOc1ccccc1C(=O)CCC1CCCCO1. The lowest BCUT2D eigenvalue weighted by Crippen LogP contribution is -2.20. The average molecular weight is 262 g/mol. The Kier molecular flexibility index (Phi) is 5.40. The van der Waals surface area contributed by atoms with Crippen LogP contribution in [0.2, 0.25) is 0 Å². The number of benzene rings is 1. The lowest BCUT2D eigenvalue weighted by Gasteiger charge is -2.22. The fraction of sp³-hybridized carbons (Fsp3) is 0.562. The van der Waals surface area contributed by atoms with Crippen molar-refractivity contribution < 1.29 is 14.3 Å². The monoisotopic (exact) mass is 262 g/mol. The minimum Gasteiger partial charge on any atom is -0.493 e. The van der Waals surface area contributed by atoms with Crippen LogP contribution in [-0.4, -0.2) is 25.1 Å². The Bertz CT molecular complexity index is 408. The molecule has 1 unspecified atom stereocenters. The highest BCUT2D eigenvalue weighted by atomic mass is 16.5. The molecule has 0 aromatic heterocycles. The summed E-state index contributed by atoms with van der Waals surface area (Å²) in [5.74, 6) is 0.845. The van der Waals surface area contributed by atoms with E-state index in [0.717, 1.165) is 25.9 Å². The van der Waals surface area contributed by atoms with Gasteiger partial charge in [-0.1, -0.05) is 12.1 Å². The summed E-state index contributed by atoms with van der Waals surface area (Å²) in [6, 6.07) is 7.47. The van der Waals surface area contributed by atoms with Gasteiger partial charge in [0.25, 0.3) is 0 Å². The second-order valence-electron chi connectivity index (χ2n) is 4.88. The summed E-state index contributed by atoms with van der Waals surface area (Å²) in [6.07, 6.45) is 5.07. The number of carbonyl (C=O) groups is 1. The molecule has 1 fully saturated rings. The number of ketones is 1. The Morgan fingerprint density at radius 2 is 2.21 bits per heavy atom. The summed E-state index contributed by atoms with van der Waals surface area (Å²) in [7, 11) is 0. The zero-order chi connectivity index (χ0) is 13.5. The van der Waals surface area contributed by atoms with E-state index < -0.39 is 0 Å². The van der Waals surface area contributed by atoms with Crippen molar-refractivity contribution >= 4 is 5.78 Å². The van der Waals surface area contributed by atoms with Gasteiger partial charge in [-0.3, -0.25) is 4.79 Å². The van der Waals surface area contributed by atoms with Crippen LogP contribution < -0.4 is 4.74 Å². The van der Waals surface area contributed by atoms with Crippen molar-refractivity contribution in [2.45, 2.75) is 45.1 Å². The van der Waals surface area contributed by atoms with Crippen LogP contribution in [0, 0.1) is 0 Å². The first-order valence-corrected chi connectivity index (χ1v) is 7.18. The molecule has 0 amide bonds. The van der Waals surface area contributed by atoms with Gasteiger partial charge in [0, 0.05) is 13.0 Å². The third-order valence-corrected chi connectivity index (χ3v) is 3.45. The van der Waals surface area contributed by atoms with Crippen LogP contribution in [0.3, 0.4) is 0 Å². The van der Waals surface area contributed by atoms with Gasteiger partial charge in [-0.25, -0.2) is 0 Å². The van der Waals surface area contributed by atoms with Crippen molar-refractivity contribution in [2.24, 2.45) is 0 Å². The molecule has 1 atom stereocenters. The third kappa shape index (κ3) is 4.06. The quantitative estimate of drug-likeness (QED) is 0.735. The highest BCUT2D eigenvalue weighted by Gasteiger charge is 2.17. The maximum Gasteiger partial charge on any atom is 0.166 e. The van der Waals surface area contributed by atoms with Crippen LogP contribution in [0.5, 0.6) is 5.75 Å². The number of para-hydroxylation sites is 1. The van der Waals surface area contributed by atoms with Gasteiger partial charge in [-0.2, -0.15) is 0 Å². The Labute approximate surface area is 114 Å². The average Bonchev–Trinajstić information content (AvgIpc) is 2.47. The molecule has 0 N–H and O–H groups in total. The van der Waals surface area contributed by atoms with E-state index in [-0.39, 0.29) is 11.9 Å². The smallest absolute Gasteiger partial charge is 0.166 e. The summed E-state index contributed by atoms with van der Waals surface area (Å²) in [4.78, 5) is 12.2. The Balaban J connectivity index is 1.91. The van der Waals surface area contributed by atoms with Gasteiger partial charge in [-0.05, 0) is 44.7 Å². The molecule has 1 aromatic rings. The molecule has 1 aromatic carbocycles. The maximum absolute atomic E-state index is 12.2. The highest BCUT2D eigenvalue weighted by Crippen LogP contribution is 2.22. The Hall–Kier alpha value is -1.35. The Morgan fingerprint density at radius 1 is 1.37 bits per heavy atom. The highest BCUT2D eigenvalue weighted by molar-refractivity contribution is 5.98. The molecule has 1 heterocycles. The molecule has 104 valence electrons. The van der Waals surface area contributed by atoms with E-state index in [4.69, 9.17) is 9.47 Å². The summed E-state index contributed by atoms with van der Waals surface area (Å²) < 4.78 is 11.2. The van der Waals surface area contributed by atoms with Crippen molar-refractivity contribution in [2.75, 3.05) is 13.2 Å². The normalized spacial score (nSPS) is 19.1. The number of ether oxygens (including phenoxy) is 2. The van der Waals surface area contributed by atoms with Gasteiger partial charge in [0.1, 0.15) is 5.75 Å². The van der Waals surface area contributed by atoms with Crippen LogP contribution in [0.25, 0.3) is 0 Å². The van der Waals surface area contributed by atoms with E-state index >= 15 is 0 Å². The molecule has 3 heteroatoms. The molecule has 0 spiro atoms. The second-order valence-corrected chi connectivity index (χ2v) is 4.88. The van der Waals surface area contributed by atoms with E-state index in [9.17, 15) is 4.79 Å². The van der Waals surface area contributed by atoms with Gasteiger partial charge in [0.05, 0.1) is 18.3 Å². The van der Waals surface area contributed by atoms with Crippen molar-refractivity contribution in [1.29, 1.82) is 0 Å². The number of Topliss-reactive ketones (excluding diaryl/α,β-unsaturated/α-hetero) is 1. The zero-order valence-electron chi connectivity index (χ0n) is 11.6. The minimum absolute atomic E-state index is 0.151.